The maximum atomic E-state index is 12.5. The highest BCUT2D eigenvalue weighted by atomic mass is 31.2. The zero-order valence-corrected chi connectivity index (χ0v) is 29.7. The normalized spacial score (nSPS) is 14.5. The largest absolute Gasteiger partial charge is 0.472 e. The fourth-order valence-electron chi connectivity index (χ4n) is 4.88. The number of rotatable bonds is 35. The standard InChI is InChI=1S/C35H69O9P/c1-3-5-7-9-11-13-15-16-17-18-20-22-24-26-28-41-31-34(32-43-45(39,40)42-30-33(37)29-36)44-35(38)27-25-23-21-19-14-12-10-8-6-4-2/h13,15,33-34,36-37H,3-12,14,16-32H2,1-2H3,(H,39,40)/b15-13-. The Morgan fingerprint density at radius 2 is 1.13 bits per heavy atom. The third kappa shape index (κ3) is 32.9. The molecule has 268 valence electrons. The van der Waals surface area contributed by atoms with Crippen LogP contribution in [0.4, 0.5) is 0 Å². The van der Waals surface area contributed by atoms with Gasteiger partial charge in [0.1, 0.15) is 12.2 Å². The SMILES string of the molecule is CCCCCC/C=C\CCCCCCCCOCC(COP(=O)(O)OCC(O)CO)OC(=O)CCCCCCCCCCCC. The van der Waals surface area contributed by atoms with Crippen LogP contribution in [0.2, 0.25) is 0 Å². The molecule has 9 nitrogen and oxygen atoms in total. The summed E-state index contributed by atoms with van der Waals surface area (Å²) in [6, 6.07) is 0. The van der Waals surface area contributed by atoms with Gasteiger partial charge < -0.3 is 24.6 Å². The Morgan fingerprint density at radius 3 is 1.69 bits per heavy atom. The molecular weight excluding hydrogens is 595 g/mol. The molecule has 0 aliphatic rings. The van der Waals surface area contributed by atoms with E-state index in [2.05, 4.69) is 26.0 Å². The lowest BCUT2D eigenvalue weighted by atomic mass is 10.1. The second-order valence-electron chi connectivity index (χ2n) is 12.2. The molecule has 0 aromatic rings. The van der Waals surface area contributed by atoms with E-state index in [1.807, 2.05) is 0 Å². The van der Waals surface area contributed by atoms with Crippen LogP contribution in [0.5, 0.6) is 0 Å². The molecule has 0 heterocycles. The molecule has 0 amide bonds. The first kappa shape index (κ1) is 44.2. The van der Waals surface area contributed by atoms with Gasteiger partial charge in [-0.05, 0) is 38.5 Å². The van der Waals surface area contributed by atoms with E-state index < -0.39 is 33.2 Å². The van der Waals surface area contributed by atoms with Gasteiger partial charge in [-0.25, -0.2) is 4.57 Å². The Bertz CT molecular complexity index is 719. The summed E-state index contributed by atoms with van der Waals surface area (Å²) in [4.78, 5) is 22.4. The van der Waals surface area contributed by atoms with Crippen LogP contribution in [0.3, 0.4) is 0 Å². The lowest BCUT2D eigenvalue weighted by Crippen LogP contribution is -2.29. The molecular formula is C35H69O9P. The van der Waals surface area contributed by atoms with E-state index in [-0.39, 0.29) is 25.6 Å². The van der Waals surface area contributed by atoms with E-state index in [4.69, 9.17) is 23.6 Å². The first-order chi connectivity index (χ1) is 21.8. The predicted molar refractivity (Wildman–Crippen MR) is 182 cm³/mol. The molecule has 45 heavy (non-hydrogen) atoms. The number of aliphatic hydroxyl groups excluding tert-OH is 2. The lowest BCUT2D eigenvalue weighted by Gasteiger charge is -2.20. The predicted octanol–water partition coefficient (Wildman–Crippen LogP) is 8.97. The summed E-state index contributed by atoms with van der Waals surface area (Å²) in [6.45, 7) is 3.48. The van der Waals surface area contributed by atoms with Crippen LogP contribution in [-0.4, -0.2) is 66.3 Å². The number of carbonyl (C=O) groups is 1. The number of allylic oxidation sites excluding steroid dienone is 2. The van der Waals surface area contributed by atoms with Crippen molar-refractivity contribution in [2.24, 2.45) is 0 Å². The summed E-state index contributed by atoms with van der Waals surface area (Å²) in [6.07, 6.45) is 28.8. The summed E-state index contributed by atoms with van der Waals surface area (Å²) in [5.74, 6) is -0.387. The topological polar surface area (TPSA) is 132 Å². The smallest absolute Gasteiger partial charge is 0.457 e. The molecule has 0 aliphatic heterocycles. The summed E-state index contributed by atoms with van der Waals surface area (Å²) in [5.41, 5.74) is 0. The fraction of sp³-hybridized carbons (Fsp3) is 0.914. The Hall–Kier alpha value is -0.800. The summed E-state index contributed by atoms with van der Waals surface area (Å²) < 4.78 is 33.1. The Balaban J connectivity index is 4.24. The molecule has 0 bridgehead atoms. The van der Waals surface area contributed by atoms with Crippen molar-refractivity contribution in [3.63, 3.8) is 0 Å². The van der Waals surface area contributed by atoms with Crippen LogP contribution in [0.15, 0.2) is 12.2 Å². The highest BCUT2D eigenvalue weighted by molar-refractivity contribution is 7.47. The van der Waals surface area contributed by atoms with Gasteiger partial charge in [-0.3, -0.25) is 13.8 Å². The van der Waals surface area contributed by atoms with E-state index in [0.29, 0.717) is 6.61 Å². The van der Waals surface area contributed by atoms with Crippen LogP contribution in [0.25, 0.3) is 0 Å². The first-order valence-electron chi connectivity index (χ1n) is 18.2. The maximum absolute atomic E-state index is 12.5. The molecule has 0 aliphatic carbocycles. The van der Waals surface area contributed by atoms with Crippen molar-refractivity contribution in [1.82, 2.24) is 0 Å². The number of aliphatic hydroxyl groups is 2. The molecule has 0 fully saturated rings. The van der Waals surface area contributed by atoms with E-state index in [1.165, 1.54) is 96.3 Å². The zero-order chi connectivity index (χ0) is 33.3. The van der Waals surface area contributed by atoms with Crippen molar-refractivity contribution in [2.75, 3.05) is 33.0 Å². The molecule has 0 aromatic heterocycles. The minimum atomic E-state index is -4.50. The summed E-state index contributed by atoms with van der Waals surface area (Å²) in [5, 5.41) is 18.2. The molecule has 3 atom stereocenters. The van der Waals surface area contributed by atoms with Crippen molar-refractivity contribution in [2.45, 2.75) is 174 Å². The fourth-order valence-corrected chi connectivity index (χ4v) is 5.67. The van der Waals surface area contributed by atoms with Gasteiger partial charge in [0.15, 0.2) is 0 Å². The highest BCUT2D eigenvalue weighted by Gasteiger charge is 2.26. The van der Waals surface area contributed by atoms with Crippen LogP contribution in [-0.2, 0) is 27.9 Å². The molecule has 0 saturated heterocycles. The van der Waals surface area contributed by atoms with Crippen LogP contribution >= 0.6 is 7.82 Å². The van der Waals surface area contributed by atoms with Crippen molar-refractivity contribution >= 4 is 13.8 Å². The van der Waals surface area contributed by atoms with E-state index >= 15 is 0 Å². The van der Waals surface area contributed by atoms with Crippen LogP contribution < -0.4 is 0 Å². The Labute approximate surface area is 275 Å². The third-order valence-corrected chi connectivity index (χ3v) is 8.65. The quantitative estimate of drug-likeness (QED) is 0.0263. The van der Waals surface area contributed by atoms with Crippen molar-refractivity contribution < 1.29 is 43.0 Å². The Morgan fingerprint density at radius 1 is 0.667 bits per heavy atom. The van der Waals surface area contributed by atoms with E-state index in [9.17, 15) is 19.4 Å². The maximum Gasteiger partial charge on any atom is 0.472 e. The highest BCUT2D eigenvalue weighted by Crippen LogP contribution is 2.43. The number of unbranched alkanes of at least 4 members (excludes halogenated alkanes) is 19. The molecule has 10 heteroatoms. The second-order valence-corrected chi connectivity index (χ2v) is 13.7. The molecule has 3 N–H and O–H groups in total. The molecule has 0 aromatic carbocycles. The average molecular weight is 665 g/mol. The molecule has 0 radical (unpaired) electrons. The molecule has 0 rings (SSSR count). The number of phosphoric ester groups is 1. The summed E-state index contributed by atoms with van der Waals surface area (Å²) in [7, 11) is -4.50. The van der Waals surface area contributed by atoms with Gasteiger partial charge in [0.05, 0.1) is 26.4 Å². The molecule has 0 saturated carbocycles. The van der Waals surface area contributed by atoms with Gasteiger partial charge >= 0.3 is 13.8 Å². The zero-order valence-electron chi connectivity index (χ0n) is 28.8. The van der Waals surface area contributed by atoms with Gasteiger partial charge in [0, 0.05) is 13.0 Å². The van der Waals surface area contributed by atoms with E-state index in [1.54, 1.807) is 0 Å². The van der Waals surface area contributed by atoms with Crippen LogP contribution in [0.1, 0.15) is 162 Å². The van der Waals surface area contributed by atoms with Crippen molar-refractivity contribution in [3.05, 3.63) is 12.2 Å². The van der Waals surface area contributed by atoms with Crippen molar-refractivity contribution in [1.29, 1.82) is 0 Å². The molecule has 3 unspecified atom stereocenters. The lowest BCUT2D eigenvalue weighted by molar-refractivity contribution is -0.154. The number of ether oxygens (including phenoxy) is 2. The van der Waals surface area contributed by atoms with Gasteiger partial charge in [0.25, 0.3) is 0 Å². The van der Waals surface area contributed by atoms with Gasteiger partial charge in [-0.1, -0.05) is 129 Å². The van der Waals surface area contributed by atoms with E-state index in [0.717, 1.165) is 44.9 Å². The third-order valence-electron chi connectivity index (χ3n) is 7.70. The monoisotopic (exact) mass is 664 g/mol. The number of hydrogen-bond donors (Lipinski definition) is 3. The van der Waals surface area contributed by atoms with Gasteiger partial charge in [-0.15, -0.1) is 0 Å². The minimum absolute atomic E-state index is 0.0494. The average Bonchev–Trinajstić information content (AvgIpc) is 3.03. The van der Waals surface area contributed by atoms with Gasteiger partial charge in [0.2, 0.25) is 0 Å². The molecule has 0 spiro atoms. The van der Waals surface area contributed by atoms with Crippen molar-refractivity contribution in [3.8, 4) is 0 Å². The Kier molecular flexibility index (Phi) is 32.5. The minimum Gasteiger partial charge on any atom is -0.457 e. The first-order valence-corrected chi connectivity index (χ1v) is 19.7. The number of phosphoric acid groups is 1. The number of esters is 1. The number of carbonyl (C=O) groups excluding carboxylic acids is 1. The second kappa shape index (κ2) is 33.1. The number of hydrogen-bond acceptors (Lipinski definition) is 8. The summed E-state index contributed by atoms with van der Waals surface area (Å²) >= 11 is 0. The van der Waals surface area contributed by atoms with Crippen LogP contribution in [0, 0.1) is 0 Å². The van der Waals surface area contributed by atoms with Gasteiger partial charge in [-0.2, -0.15) is 0 Å².